The van der Waals surface area contributed by atoms with Crippen LogP contribution in [-0.4, -0.2) is 73.5 Å². The van der Waals surface area contributed by atoms with Gasteiger partial charge in [-0.05, 0) is 37.1 Å². The van der Waals surface area contributed by atoms with Gasteiger partial charge < -0.3 is 30.3 Å². The number of benzene rings is 2. The van der Waals surface area contributed by atoms with Crippen molar-refractivity contribution in [3.05, 3.63) is 66.2 Å². The minimum absolute atomic E-state index is 0.102. The number of nitrogens with one attached hydrogen (secondary N) is 3. The van der Waals surface area contributed by atoms with E-state index in [1.807, 2.05) is 48.5 Å². The van der Waals surface area contributed by atoms with Crippen LogP contribution in [0.3, 0.4) is 0 Å². The number of rotatable bonds is 14. The lowest BCUT2D eigenvalue weighted by Gasteiger charge is -2.17. The maximum atomic E-state index is 12.0. The number of nitrogens with zero attached hydrogens (tertiary/aromatic N) is 4. The Balaban J connectivity index is 1.14. The number of hydrogen-bond acceptors (Lipinski definition) is 9. The lowest BCUT2D eigenvalue weighted by atomic mass is 10.2. The Kier molecular flexibility index (Phi) is 9.82. The van der Waals surface area contributed by atoms with Gasteiger partial charge in [0, 0.05) is 37.4 Å². The Morgan fingerprint density at radius 1 is 0.778 bits per heavy atom. The van der Waals surface area contributed by atoms with E-state index in [9.17, 15) is 4.79 Å². The third-order valence-corrected chi connectivity index (χ3v) is 5.51. The van der Waals surface area contributed by atoms with Crippen LogP contribution in [0.4, 0.5) is 23.5 Å². The van der Waals surface area contributed by atoms with E-state index >= 15 is 0 Å². The molecule has 3 aromatic rings. The number of para-hydroxylation sites is 1. The first-order chi connectivity index (χ1) is 17.8. The van der Waals surface area contributed by atoms with Gasteiger partial charge in [-0.1, -0.05) is 36.4 Å². The van der Waals surface area contributed by atoms with Gasteiger partial charge in [0.05, 0.1) is 26.4 Å². The molecule has 4 rings (SSSR count). The molecule has 0 atom stereocenters. The minimum atomic E-state index is -0.102. The predicted octanol–water partition coefficient (Wildman–Crippen LogP) is 3.09. The average molecular weight is 492 g/mol. The third-order valence-electron chi connectivity index (χ3n) is 5.51. The highest BCUT2D eigenvalue weighted by Gasteiger charge is 2.17. The molecular weight excluding hydrogens is 458 g/mol. The highest BCUT2D eigenvalue weighted by molar-refractivity contribution is 5.94. The van der Waals surface area contributed by atoms with E-state index in [2.05, 4.69) is 35.8 Å². The zero-order valence-electron chi connectivity index (χ0n) is 20.4. The van der Waals surface area contributed by atoms with E-state index in [0.717, 1.165) is 31.6 Å². The van der Waals surface area contributed by atoms with Gasteiger partial charge in [0.15, 0.2) is 0 Å². The molecule has 0 saturated carbocycles. The molecule has 2 heterocycles. The normalized spacial score (nSPS) is 12.9. The lowest BCUT2D eigenvalue weighted by Crippen LogP contribution is -2.27. The van der Waals surface area contributed by atoms with Crippen molar-refractivity contribution in [1.29, 1.82) is 0 Å². The summed E-state index contributed by atoms with van der Waals surface area (Å²) in [4.78, 5) is 27.9. The van der Waals surface area contributed by atoms with Crippen LogP contribution in [0, 0.1) is 0 Å². The van der Waals surface area contributed by atoms with E-state index in [1.54, 1.807) is 12.1 Å². The van der Waals surface area contributed by atoms with Crippen LogP contribution >= 0.6 is 0 Å². The van der Waals surface area contributed by atoms with Gasteiger partial charge in [-0.15, -0.1) is 0 Å². The molecule has 1 aliphatic rings. The highest BCUT2D eigenvalue weighted by Crippen LogP contribution is 2.20. The molecule has 1 fully saturated rings. The molecule has 2 aromatic carbocycles. The largest absolute Gasteiger partial charge is 0.377 e. The summed E-state index contributed by atoms with van der Waals surface area (Å²) in [5.74, 6) is 1.60. The van der Waals surface area contributed by atoms with E-state index < -0.39 is 0 Å². The SMILES string of the molecule is O=C(NCCOCCOCCNc1nc(Nc2ccccc2)nc(N2CCCC2)n1)c1ccccc1. The van der Waals surface area contributed by atoms with Crippen LogP contribution in [-0.2, 0) is 9.47 Å². The topological polar surface area (TPSA) is 114 Å². The quantitative estimate of drug-likeness (QED) is 0.293. The van der Waals surface area contributed by atoms with Gasteiger partial charge in [0.2, 0.25) is 17.8 Å². The first-order valence-corrected chi connectivity index (χ1v) is 12.3. The van der Waals surface area contributed by atoms with Crippen LogP contribution in [0.1, 0.15) is 23.2 Å². The fourth-order valence-corrected chi connectivity index (χ4v) is 3.69. The Hall–Kier alpha value is -3.76. The fourth-order valence-electron chi connectivity index (χ4n) is 3.69. The summed E-state index contributed by atoms with van der Waals surface area (Å²) in [6.07, 6.45) is 2.29. The number of ether oxygens (including phenoxy) is 2. The minimum Gasteiger partial charge on any atom is -0.377 e. The number of carbonyl (C=O) groups excluding carboxylic acids is 1. The summed E-state index contributed by atoms with van der Waals surface area (Å²) in [7, 11) is 0. The third kappa shape index (κ3) is 8.17. The van der Waals surface area contributed by atoms with Crippen molar-refractivity contribution >= 4 is 29.4 Å². The average Bonchev–Trinajstić information content (AvgIpc) is 3.46. The smallest absolute Gasteiger partial charge is 0.251 e. The second-order valence-corrected chi connectivity index (χ2v) is 8.24. The molecule has 0 spiro atoms. The van der Waals surface area contributed by atoms with Gasteiger partial charge in [-0.3, -0.25) is 4.79 Å². The standard InChI is InChI=1S/C26H33N7O3/c34-23(21-9-3-1-4-10-21)27-13-17-35-19-20-36-18-14-28-24-30-25(29-22-11-5-2-6-12-22)32-26(31-24)33-15-7-8-16-33/h1-6,9-12H,7-8,13-20H2,(H,27,34)(H2,28,29,30,31,32). The molecule has 1 aliphatic heterocycles. The number of anilines is 4. The van der Waals surface area contributed by atoms with Crippen LogP contribution in [0.5, 0.6) is 0 Å². The van der Waals surface area contributed by atoms with Crippen LogP contribution in [0.2, 0.25) is 0 Å². The van der Waals surface area contributed by atoms with Crippen molar-refractivity contribution in [2.45, 2.75) is 12.8 Å². The Morgan fingerprint density at radius 3 is 2.14 bits per heavy atom. The summed E-state index contributed by atoms with van der Waals surface area (Å²) in [5.41, 5.74) is 1.56. The van der Waals surface area contributed by atoms with Gasteiger partial charge in [0.1, 0.15) is 0 Å². The van der Waals surface area contributed by atoms with Gasteiger partial charge in [-0.25, -0.2) is 0 Å². The zero-order valence-corrected chi connectivity index (χ0v) is 20.4. The molecule has 10 heteroatoms. The van der Waals surface area contributed by atoms with E-state index in [-0.39, 0.29) is 5.91 Å². The van der Waals surface area contributed by atoms with Crippen molar-refractivity contribution in [2.24, 2.45) is 0 Å². The molecule has 0 unspecified atom stereocenters. The van der Waals surface area contributed by atoms with Gasteiger partial charge >= 0.3 is 0 Å². The molecule has 0 radical (unpaired) electrons. The number of aromatic nitrogens is 3. The number of carbonyl (C=O) groups is 1. The monoisotopic (exact) mass is 491 g/mol. The van der Waals surface area contributed by atoms with E-state index in [4.69, 9.17) is 9.47 Å². The van der Waals surface area contributed by atoms with Crippen LogP contribution < -0.4 is 20.9 Å². The Morgan fingerprint density at radius 2 is 1.42 bits per heavy atom. The number of hydrogen-bond donors (Lipinski definition) is 3. The molecule has 190 valence electrons. The molecule has 10 nitrogen and oxygen atoms in total. The van der Waals surface area contributed by atoms with Crippen molar-refractivity contribution in [2.75, 3.05) is 68.1 Å². The first kappa shape index (κ1) is 25.3. The van der Waals surface area contributed by atoms with E-state index in [0.29, 0.717) is 62.9 Å². The molecule has 1 aromatic heterocycles. The van der Waals surface area contributed by atoms with E-state index in [1.165, 1.54) is 0 Å². The maximum Gasteiger partial charge on any atom is 0.251 e. The van der Waals surface area contributed by atoms with Crippen molar-refractivity contribution in [3.8, 4) is 0 Å². The van der Waals surface area contributed by atoms with Crippen molar-refractivity contribution in [3.63, 3.8) is 0 Å². The molecule has 1 saturated heterocycles. The molecule has 36 heavy (non-hydrogen) atoms. The summed E-state index contributed by atoms with van der Waals surface area (Å²) in [6, 6.07) is 19.0. The zero-order chi connectivity index (χ0) is 24.8. The molecule has 1 amide bonds. The summed E-state index contributed by atoms with van der Waals surface area (Å²) in [5, 5.41) is 9.32. The Labute approximate surface area is 211 Å². The molecule has 0 bridgehead atoms. The maximum absolute atomic E-state index is 12.0. The summed E-state index contributed by atoms with van der Waals surface area (Å²) >= 11 is 0. The van der Waals surface area contributed by atoms with Gasteiger partial charge in [-0.2, -0.15) is 15.0 Å². The molecule has 3 N–H and O–H groups in total. The lowest BCUT2D eigenvalue weighted by molar-refractivity contribution is 0.0519. The van der Waals surface area contributed by atoms with Gasteiger partial charge in [0.25, 0.3) is 5.91 Å². The predicted molar refractivity (Wildman–Crippen MR) is 140 cm³/mol. The highest BCUT2D eigenvalue weighted by atomic mass is 16.5. The first-order valence-electron chi connectivity index (χ1n) is 12.3. The van der Waals surface area contributed by atoms with Crippen molar-refractivity contribution < 1.29 is 14.3 Å². The Bertz CT molecular complexity index is 1060. The van der Waals surface area contributed by atoms with Crippen LogP contribution in [0.25, 0.3) is 0 Å². The number of amides is 1. The second kappa shape index (κ2) is 14.0. The summed E-state index contributed by atoms with van der Waals surface area (Å²) < 4.78 is 11.2. The summed E-state index contributed by atoms with van der Waals surface area (Å²) in [6.45, 7) is 4.75. The van der Waals surface area contributed by atoms with Crippen molar-refractivity contribution in [1.82, 2.24) is 20.3 Å². The second-order valence-electron chi connectivity index (χ2n) is 8.24. The molecular formula is C26H33N7O3. The molecule has 0 aliphatic carbocycles. The fraction of sp³-hybridized carbons (Fsp3) is 0.385. The van der Waals surface area contributed by atoms with Crippen LogP contribution in [0.15, 0.2) is 60.7 Å².